The fourth-order valence-corrected chi connectivity index (χ4v) is 2.98. The number of fused-ring (bicyclic) bond motifs is 1. The van der Waals surface area contributed by atoms with E-state index in [1.54, 1.807) is 0 Å². The van der Waals surface area contributed by atoms with E-state index in [4.69, 9.17) is 13.4 Å². The van der Waals surface area contributed by atoms with Crippen LogP contribution in [0, 0.1) is 6.92 Å². The van der Waals surface area contributed by atoms with Crippen LogP contribution in [0.25, 0.3) is 11.1 Å². The third-order valence-electron chi connectivity index (χ3n) is 4.17. The lowest BCUT2D eigenvalue weighted by Gasteiger charge is -2.04. The highest BCUT2D eigenvalue weighted by Gasteiger charge is 2.15. The predicted octanol–water partition coefficient (Wildman–Crippen LogP) is 4.67. The van der Waals surface area contributed by atoms with Gasteiger partial charge in [0.2, 0.25) is 0 Å². The lowest BCUT2D eigenvalue weighted by atomic mass is 10.00. The molecule has 3 aromatic rings. The summed E-state index contributed by atoms with van der Waals surface area (Å²) in [5, 5.41) is 0. The number of hydrogen-bond acceptors (Lipinski definition) is 3. The van der Waals surface area contributed by atoms with Gasteiger partial charge in [-0.25, -0.2) is 0 Å². The van der Waals surface area contributed by atoms with Crippen LogP contribution in [-0.2, 0) is 18.0 Å². The van der Waals surface area contributed by atoms with Gasteiger partial charge in [-0.15, -0.1) is 0 Å². The van der Waals surface area contributed by atoms with Crippen molar-refractivity contribution in [3.63, 3.8) is 0 Å². The second-order valence-electron chi connectivity index (χ2n) is 5.88. The summed E-state index contributed by atoms with van der Waals surface area (Å²) in [7, 11) is 0. The summed E-state index contributed by atoms with van der Waals surface area (Å²) in [5.74, 6) is 0. The van der Waals surface area contributed by atoms with E-state index in [1.807, 2.05) is 6.07 Å². The second kappa shape index (κ2) is 7.81. The predicted molar refractivity (Wildman–Crippen MR) is 102 cm³/mol. The maximum atomic E-state index is 8.29. The van der Waals surface area contributed by atoms with Crippen LogP contribution in [0.2, 0.25) is 0 Å². The van der Waals surface area contributed by atoms with Crippen molar-refractivity contribution in [1.82, 2.24) is 0 Å². The van der Waals surface area contributed by atoms with E-state index >= 15 is 0 Å². The molecule has 0 fully saturated rings. The summed E-state index contributed by atoms with van der Waals surface area (Å²) < 4.78 is 16.6. The third-order valence-corrected chi connectivity index (χ3v) is 4.17. The minimum Gasteiger partial charge on any atom is -0.252 e. The zero-order valence-electron chi connectivity index (χ0n) is 13.8. The number of aryl methyl sites for hydroxylation is 1. The Morgan fingerprint density at radius 3 is 2.08 bits per heavy atom. The molecule has 0 unspecified atom stereocenters. The molecule has 1 aliphatic heterocycles. The van der Waals surface area contributed by atoms with E-state index < -0.39 is 11.6 Å². The molecule has 4 rings (SSSR count). The Labute approximate surface area is 150 Å². The summed E-state index contributed by atoms with van der Waals surface area (Å²) >= 11 is -0.750. The lowest BCUT2D eigenvalue weighted by molar-refractivity contribution is 0.630. The standard InChI is InChI=1S/C21H17N.O2S/c1-15-7-12-20-19(13-15)14-21(22-20)18-10-8-17(9-11-18)16-5-3-2-4-6-16;1-3-2/h2-13H,14H2,1H3;. The molecule has 4 heteroatoms. The largest absolute Gasteiger partial charge is 0.335 e. The van der Waals surface area contributed by atoms with Crippen molar-refractivity contribution in [2.75, 3.05) is 0 Å². The average molecular weight is 347 g/mol. The topological polar surface area (TPSA) is 46.5 Å². The van der Waals surface area contributed by atoms with Crippen LogP contribution in [0.4, 0.5) is 5.69 Å². The highest BCUT2D eigenvalue weighted by Crippen LogP contribution is 2.30. The van der Waals surface area contributed by atoms with E-state index in [0.717, 1.165) is 12.1 Å². The smallest absolute Gasteiger partial charge is 0.252 e. The highest BCUT2D eigenvalue weighted by molar-refractivity contribution is 7.51. The molecule has 0 aliphatic carbocycles. The Morgan fingerprint density at radius 1 is 0.800 bits per heavy atom. The molecule has 0 bridgehead atoms. The quantitative estimate of drug-likeness (QED) is 0.676. The Kier molecular flexibility index (Phi) is 5.31. The van der Waals surface area contributed by atoms with Crippen molar-refractivity contribution < 1.29 is 8.42 Å². The minimum atomic E-state index is -0.750. The molecule has 0 N–H and O–H groups in total. The van der Waals surface area contributed by atoms with Crippen LogP contribution >= 0.6 is 0 Å². The number of aliphatic imine (C=N–C) groups is 1. The number of benzene rings is 3. The van der Waals surface area contributed by atoms with Gasteiger partial charge in [-0.1, -0.05) is 72.3 Å². The SMILES string of the molecule is Cc1ccc2c(c1)CC(c1ccc(-c3ccccc3)cc1)=N2.O=S=O. The molecule has 0 aromatic heterocycles. The van der Waals surface area contributed by atoms with E-state index in [1.165, 1.54) is 33.5 Å². The third kappa shape index (κ3) is 3.98. The van der Waals surface area contributed by atoms with Gasteiger partial charge in [-0.2, -0.15) is 8.42 Å². The van der Waals surface area contributed by atoms with Crippen molar-refractivity contribution in [2.24, 2.45) is 4.99 Å². The maximum absolute atomic E-state index is 8.29. The van der Waals surface area contributed by atoms with Gasteiger partial charge in [0.15, 0.2) is 0 Å². The molecule has 0 saturated heterocycles. The summed E-state index contributed by atoms with van der Waals surface area (Å²) in [6.07, 6.45) is 0.932. The molecule has 3 aromatic carbocycles. The number of hydrogen-bond donors (Lipinski definition) is 0. The Balaban J connectivity index is 0.000000569. The van der Waals surface area contributed by atoms with Crippen LogP contribution in [0.3, 0.4) is 0 Å². The molecule has 1 aliphatic rings. The Hall–Kier alpha value is -2.85. The maximum Gasteiger partial charge on any atom is 0.335 e. The molecule has 3 nitrogen and oxygen atoms in total. The summed E-state index contributed by atoms with van der Waals surface area (Å²) in [6, 6.07) is 25.7. The molecular weight excluding hydrogens is 330 g/mol. The Bertz CT molecular complexity index is 941. The summed E-state index contributed by atoms with van der Waals surface area (Å²) in [5.41, 5.74) is 8.64. The van der Waals surface area contributed by atoms with E-state index in [9.17, 15) is 0 Å². The summed E-state index contributed by atoms with van der Waals surface area (Å²) in [4.78, 5) is 4.78. The van der Waals surface area contributed by atoms with Crippen LogP contribution < -0.4 is 0 Å². The molecule has 0 atom stereocenters. The minimum absolute atomic E-state index is 0.750. The van der Waals surface area contributed by atoms with Crippen molar-refractivity contribution >= 4 is 23.0 Å². The average Bonchev–Trinajstić information content (AvgIpc) is 3.06. The van der Waals surface area contributed by atoms with Crippen molar-refractivity contribution in [3.8, 4) is 11.1 Å². The molecule has 25 heavy (non-hydrogen) atoms. The van der Waals surface area contributed by atoms with Crippen LogP contribution in [0.5, 0.6) is 0 Å². The molecule has 0 amide bonds. The van der Waals surface area contributed by atoms with Gasteiger partial charge in [-0.05, 0) is 35.2 Å². The van der Waals surface area contributed by atoms with E-state index in [0.29, 0.717) is 0 Å². The monoisotopic (exact) mass is 347 g/mol. The fourth-order valence-electron chi connectivity index (χ4n) is 2.98. The first kappa shape index (κ1) is 17.0. The van der Waals surface area contributed by atoms with Crippen LogP contribution in [0.1, 0.15) is 16.7 Å². The Morgan fingerprint density at radius 2 is 1.40 bits per heavy atom. The van der Waals surface area contributed by atoms with Gasteiger partial charge in [0, 0.05) is 6.42 Å². The first-order valence-corrected chi connectivity index (χ1v) is 8.62. The molecule has 124 valence electrons. The first-order chi connectivity index (χ1) is 12.2. The number of nitrogens with zero attached hydrogens (tertiary/aromatic N) is 1. The van der Waals surface area contributed by atoms with Gasteiger partial charge < -0.3 is 0 Å². The van der Waals surface area contributed by atoms with Gasteiger partial charge in [-0.3, -0.25) is 4.99 Å². The van der Waals surface area contributed by atoms with Crippen molar-refractivity contribution in [3.05, 3.63) is 89.5 Å². The van der Waals surface area contributed by atoms with E-state index in [-0.39, 0.29) is 0 Å². The van der Waals surface area contributed by atoms with Gasteiger partial charge in [0.25, 0.3) is 0 Å². The van der Waals surface area contributed by atoms with Crippen LogP contribution in [0.15, 0.2) is 77.8 Å². The van der Waals surface area contributed by atoms with Gasteiger partial charge in [0.05, 0.1) is 11.4 Å². The second-order valence-corrected chi connectivity index (χ2v) is 6.01. The van der Waals surface area contributed by atoms with Crippen molar-refractivity contribution in [1.29, 1.82) is 0 Å². The molecular formula is C21H17NO2S. The lowest BCUT2D eigenvalue weighted by Crippen LogP contribution is -2.00. The fraction of sp³-hybridized carbons (Fsp3) is 0.0952. The zero-order valence-corrected chi connectivity index (χ0v) is 14.6. The highest BCUT2D eigenvalue weighted by atomic mass is 32.1. The van der Waals surface area contributed by atoms with Gasteiger partial charge in [0.1, 0.15) is 0 Å². The van der Waals surface area contributed by atoms with E-state index in [2.05, 4.69) is 73.7 Å². The molecule has 0 radical (unpaired) electrons. The normalized spacial score (nSPS) is 11.8. The van der Waals surface area contributed by atoms with Crippen LogP contribution in [-0.4, -0.2) is 14.1 Å². The molecule has 1 heterocycles. The summed E-state index contributed by atoms with van der Waals surface area (Å²) in [6.45, 7) is 2.13. The zero-order chi connectivity index (χ0) is 17.6. The molecule has 0 saturated carbocycles. The molecule has 0 spiro atoms. The van der Waals surface area contributed by atoms with Crippen molar-refractivity contribution in [2.45, 2.75) is 13.3 Å². The number of rotatable bonds is 2. The van der Waals surface area contributed by atoms with Gasteiger partial charge >= 0.3 is 11.6 Å². The first-order valence-electron chi connectivity index (χ1n) is 7.96.